The molecule has 136 valence electrons. The summed E-state index contributed by atoms with van der Waals surface area (Å²) in [5.74, 6) is 0.191. The minimum Gasteiger partial charge on any atom is -0.468 e. The van der Waals surface area contributed by atoms with Crippen LogP contribution in [0.25, 0.3) is 0 Å². The van der Waals surface area contributed by atoms with Crippen molar-refractivity contribution in [3.63, 3.8) is 0 Å². The molecule has 3 aromatic rings. The molecule has 3 rings (SSSR count). The summed E-state index contributed by atoms with van der Waals surface area (Å²) in [6.45, 7) is 0.536. The van der Waals surface area contributed by atoms with E-state index in [4.69, 9.17) is 27.9 Å². The number of carbonyl (C=O) groups is 1. The van der Waals surface area contributed by atoms with Crippen LogP contribution in [0.15, 0.2) is 42.9 Å². The number of hydrogen-bond acceptors (Lipinski definition) is 4. The maximum Gasteiger partial charge on any atom is 0.274 e. The molecule has 0 unspecified atom stereocenters. The van der Waals surface area contributed by atoms with Crippen molar-refractivity contribution in [1.82, 2.24) is 24.5 Å². The summed E-state index contributed by atoms with van der Waals surface area (Å²) >= 11 is 12.1. The van der Waals surface area contributed by atoms with Gasteiger partial charge in [0, 0.05) is 38.6 Å². The Kier molecular flexibility index (Phi) is 5.49. The van der Waals surface area contributed by atoms with Gasteiger partial charge in [-0.2, -0.15) is 10.2 Å². The van der Waals surface area contributed by atoms with E-state index in [1.54, 1.807) is 53.3 Å². The summed E-state index contributed by atoms with van der Waals surface area (Å²) in [6.07, 6.45) is 5.25. The summed E-state index contributed by atoms with van der Waals surface area (Å²) in [5, 5.41) is 9.17. The summed E-state index contributed by atoms with van der Waals surface area (Å²) < 4.78 is 8.80. The van der Waals surface area contributed by atoms with Gasteiger partial charge in [0.15, 0.2) is 18.2 Å². The first-order chi connectivity index (χ1) is 12.4. The molecule has 0 bridgehead atoms. The number of rotatable bonds is 6. The van der Waals surface area contributed by atoms with Crippen molar-refractivity contribution >= 4 is 29.1 Å². The quantitative estimate of drug-likeness (QED) is 0.644. The van der Waals surface area contributed by atoms with E-state index in [0.717, 1.165) is 5.56 Å². The van der Waals surface area contributed by atoms with Crippen LogP contribution >= 0.6 is 23.2 Å². The van der Waals surface area contributed by atoms with Crippen molar-refractivity contribution in [1.29, 1.82) is 0 Å². The molecule has 0 spiro atoms. The van der Waals surface area contributed by atoms with Crippen molar-refractivity contribution in [2.24, 2.45) is 7.05 Å². The Morgan fingerprint density at radius 2 is 2.00 bits per heavy atom. The smallest absolute Gasteiger partial charge is 0.274 e. The van der Waals surface area contributed by atoms with E-state index < -0.39 is 0 Å². The molecule has 0 saturated heterocycles. The van der Waals surface area contributed by atoms with Crippen LogP contribution in [-0.2, 0) is 20.3 Å². The number of halogens is 2. The van der Waals surface area contributed by atoms with Crippen molar-refractivity contribution in [3.05, 3.63) is 64.2 Å². The number of ether oxygens (including phenoxy) is 1. The van der Waals surface area contributed by atoms with E-state index >= 15 is 0 Å². The number of carbonyl (C=O) groups excluding carboxylic acids is 1. The van der Waals surface area contributed by atoms with E-state index in [1.165, 1.54) is 4.68 Å². The van der Waals surface area contributed by atoms with E-state index in [0.29, 0.717) is 28.0 Å². The van der Waals surface area contributed by atoms with Gasteiger partial charge in [0.25, 0.3) is 5.91 Å². The molecule has 0 atom stereocenters. The number of para-hydroxylation sites is 1. The fourth-order valence-corrected chi connectivity index (χ4v) is 2.90. The Morgan fingerprint density at radius 3 is 2.65 bits per heavy atom. The third-order valence-electron chi connectivity index (χ3n) is 3.64. The topological polar surface area (TPSA) is 65.2 Å². The summed E-state index contributed by atoms with van der Waals surface area (Å²) in [5.41, 5.74) is 1.27. The lowest BCUT2D eigenvalue weighted by Gasteiger charge is -2.14. The highest BCUT2D eigenvalue weighted by Crippen LogP contribution is 2.32. The highest BCUT2D eigenvalue weighted by Gasteiger charge is 2.16. The van der Waals surface area contributed by atoms with E-state index in [9.17, 15) is 4.79 Å². The minimum absolute atomic E-state index is 0.0864. The number of nitrogens with zero attached hydrogens (tertiary/aromatic N) is 5. The van der Waals surface area contributed by atoms with Crippen molar-refractivity contribution < 1.29 is 9.53 Å². The second-order valence-corrected chi connectivity index (χ2v) is 6.56. The molecule has 9 heteroatoms. The molecular formula is C17H17Cl2N5O2. The Hall–Kier alpha value is -2.51. The molecule has 0 aliphatic rings. The minimum atomic E-state index is -0.191. The standard InChI is InChI=1S/C17H17Cl2N5O2/c1-22(9-12-8-20-23(2)10-12)17(25)15-6-7-24(21-15)11-26-16-13(18)4-3-5-14(16)19/h3-8,10H,9,11H2,1-2H3. The van der Waals surface area contributed by atoms with Crippen molar-refractivity contribution in [2.45, 2.75) is 13.3 Å². The predicted octanol–water partition coefficient (Wildman–Crippen LogP) is 3.23. The van der Waals surface area contributed by atoms with E-state index in [2.05, 4.69) is 10.2 Å². The molecule has 0 radical (unpaired) electrons. The third-order valence-corrected chi connectivity index (χ3v) is 4.24. The van der Waals surface area contributed by atoms with Crippen LogP contribution in [-0.4, -0.2) is 37.4 Å². The fraction of sp³-hybridized carbons (Fsp3) is 0.235. The molecular weight excluding hydrogens is 377 g/mol. The average Bonchev–Trinajstić information content (AvgIpc) is 3.23. The molecule has 2 aromatic heterocycles. The molecule has 0 N–H and O–H groups in total. The van der Waals surface area contributed by atoms with Crippen LogP contribution in [0.5, 0.6) is 5.75 Å². The molecule has 0 saturated carbocycles. The lowest BCUT2D eigenvalue weighted by Crippen LogP contribution is -2.26. The predicted molar refractivity (Wildman–Crippen MR) is 98.3 cm³/mol. The first-order valence-corrected chi connectivity index (χ1v) is 8.53. The molecule has 26 heavy (non-hydrogen) atoms. The highest BCUT2D eigenvalue weighted by molar-refractivity contribution is 6.37. The second-order valence-electron chi connectivity index (χ2n) is 5.75. The third kappa shape index (κ3) is 4.17. The van der Waals surface area contributed by atoms with Crippen LogP contribution in [0.1, 0.15) is 16.1 Å². The Labute approximate surface area is 160 Å². The van der Waals surface area contributed by atoms with Gasteiger partial charge in [-0.05, 0) is 18.2 Å². The SMILES string of the molecule is CN(Cc1cnn(C)c1)C(=O)c1ccn(COc2c(Cl)cccc2Cl)n1. The van der Waals surface area contributed by atoms with Gasteiger partial charge in [-0.25, -0.2) is 4.68 Å². The largest absolute Gasteiger partial charge is 0.468 e. The zero-order valence-electron chi connectivity index (χ0n) is 14.3. The fourth-order valence-electron chi connectivity index (χ4n) is 2.39. The first-order valence-electron chi connectivity index (χ1n) is 7.77. The molecule has 0 fully saturated rings. The normalized spacial score (nSPS) is 10.8. The summed E-state index contributed by atoms with van der Waals surface area (Å²) in [4.78, 5) is 14.1. The molecule has 0 aliphatic carbocycles. The molecule has 1 aromatic carbocycles. The van der Waals surface area contributed by atoms with Gasteiger partial charge in [0.05, 0.1) is 16.2 Å². The Balaban J connectivity index is 1.62. The molecule has 0 aliphatic heterocycles. The molecule has 2 heterocycles. The van der Waals surface area contributed by atoms with Gasteiger partial charge in [0.1, 0.15) is 0 Å². The van der Waals surface area contributed by atoms with Crippen molar-refractivity contribution in [2.75, 3.05) is 7.05 Å². The number of aryl methyl sites for hydroxylation is 1. The van der Waals surface area contributed by atoms with Gasteiger partial charge in [-0.15, -0.1) is 0 Å². The van der Waals surface area contributed by atoms with Crippen LogP contribution in [0.2, 0.25) is 10.0 Å². The van der Waals surface area contributed by atoms with Gasteiger partial charge in [0.2, 0.25) is 0 Å². The van der Waals surface area contributed by atoms with Gasteiger partial charge in [-0.3, -0.25) is 9.48 Å². The summed E-state index contributed by atoms with van der Waals surface area (Å²) in [7, 11) is 3.55. The maximum atomic E-state index is 12.5. The van der Waals surface area contributed by atoms with Crippen molar-refractivity contribution in [3.8, 4) is 5.75 Å². The molecule has 1 amide bonds. The molecule has 7 nitrogen and oxygen atoms in total. The Morgan fingerprint density at radius 1 is 1.27 bits per heavy atom. The van der Waals surface area contributed by atoms with Gasteiger partial charge < -0.3 is 9.64 Å². The number of aromatic nitrogens is 4. The first kappa shape index (κ1) is 18.3. The van der Waals surface area contributed by atoms with Crippen LogP contribution in [0.3, 0.4) is 0 Å². The van der Waals surface area contributed by atoms with Crippen LogP contribution < -0.4 is 4.74 Å². The monoisotopic (exact) mass is 393 g/mol. The number of hydrogen-bond donors (Lipinski definition) is 0. The maximum absolute atomic E-state index is 12.5. The average molecular weight is 394 g/mol. The number of benzene rings is 1. The van der Waals surface area contributed by atoms with Crippen LogP contribution in [0, 0.1) is 0 Å². The zero-order valence-corrected chi connectivity index (χ0v) is 15.8. The van der Waals surface area contributed by atoms with E-state index in [-0.39, 0.29) is 12.6 Å². The van der Waals surface area contributed by atoms with Gasteiger partial charge >= 0.3 is 0 Å². The lowest BCUT2D eigenvalue weighted by molar-refractivity contribution is 0.0777. The number of amides is 1. The Bertz CT molecular complexity index is 901. The highest BCUT2D eigenvalue weighted by atomic mass is 35.5. The summed E-state index contributed by atoms with van der Waals surface area (Å²) in [6, 6.07) is 6.75. The zero-order chi connectivity index (χ0) is 18.7. The van der Waals surface area contributed by atoms with Crippen LogP contribution in [0.4, 0.5) is 0 Å². The van der Waals surface area contributed by atoms with E-state index in [1.807, 2.05) is 13.2 Å². The lowest BCUT2D eigenvalue weighted by atomic mass is 10.3. The second kappa shape index (κ2) is 7.80. The van der Waals surface area contributed by atoms with Gasteiger partial charge in [-0.1, -0.05) is 29.3 Å².